The van der Waals surface area contributed by atoms with Crippen LogP contribution < -0.4 is 0 Å². The summed E-state index contributed by atoms with van der Waals surface area (Å²) in [6.45, 7) is 2.35. The molecule has 8 rings (SSSR count). The third kappa shape index (κ3) is 2.17. The van der Waals surface area contributed by atoms with E-state index in [4.69, 9.17) is 0 Å². The Kier molecular flexibility index (Phi) is 3.44. The molecular weight excluding hydrogens is 414 g/mol. The van der Waals surface area contributed by atoms with Crippen LogP contribution in [-0.2, 0) is 6.42 Å². The van der Waals surface area contributed by atoms with Crippen LogP contribution in [0.1, 0.15) is 24.1 Å². The Hall–Kier alpha value is -4.24. The van der Waals surface area contributed by atoms with Crippen LogP contribution in [0.5, 0.6) is 0 Å². The zero-order chi connectivity index (χ0) is 22.4. The van der Waals surface area contributed by atoms with Crippen molar-refractivity contribution < 1.29 is 0 Å². The molecule has 160 valence electrons. The minimum Gasteiger partial charge on any atom is -0.281 e. The number of benzene rings is 4. The zero-order valence-electron chi connectivity index (χ0n) is 18.8. The Labute approximate surface area is 197 Å². The fourth-order valence-electron chi connectivity index (χ4n) is 6.41. The van der Waals surface area contributed by atoms with Gasteiger partial charge in [0.1, 0.15) is 0 Å². The van der Waals surface area contributed by atoms with Gasteiger partial charge >= 0.3 is 0 Å². The Balaban J connectivity index is 1.68. The molecule has 3 nitrogen and oxygen atoms in total. The summed E-state index contributed by atoms with van der Waals surface area (Å²) >= 11 is 0. The van der Waals surface area contributed by atoms with Crippen molar-refractivity contribution in [1.29, 1.82) is 0 Å². The molecule has 0 aliphatic heterocycles. The number of rotatable bonds is 1. The van der Waals surface area contributed by atoms with Crippen molar-refractivity contribution in [3.05, 3.63) is 103 Å². The van der Waals surface area contributed by atoms with E-state index in [1.54, 1.807) is 0 Å². The molecule has 4 aromatic carbocycles. The lowest BCUT2D eigenvalue weighted by atomic mass is 9.77. The fraction of sp³-hybridized carbons (Fsp3) is 0.0968. The lowest BCUT2D eigenvalue weighted by molar-refractivity contribution is 0.700. The second-order valence-corrected chi connectivity index (χ2v) is 9.49. The molecule has 0 bridgehead atoms. The molecule has 2 aliphatic carbocycles. The quantitative estimate of drug-likeness (QED) is 0.267. The smallest absolute Gasteiger partial charge is 0.234 e. The summed E-state index contributed by atoms with van der Waals surface area (Å²) in [7, 11) is 0. The predicted molar refractivity (Wildman–Crippen MR) is 138 cm³/mol. The van der Waals surface area contributed by atoms with E-state index >= 15 is 0 Å². The molecule has 34 heavy (non-hydrogen) atoms. The Morgan fingerprint density at radius 3 is 2.32 bits per heavy atom. The molecule has 0 spiro atoms. The maximum atomic E-state index is 4.69. The molecule has 0 radical (unpaired) electrons. The van der Waals surface area contributed by atoms with Gasteiger partial charge in [0.25, 0.3) is 0 Å². The van der Waals surface area contributed by atoms with E-state index in [1.165, 1.54) is 66.3 Å². The van der Waals surface area contributed by atoms with Crippen molar-refractivity contribution in [1.82, 2.24) is 14.5 Å². The topological polar surface area (TPSA) is 30.7 Å². The number of nitrogens with zero attached hydrogens (tertiary/aromatic N) is 3. The van der Waals surface area contributed by atoms with Gasteiger partial charge in [0.05, 0.1) is 5.52 Å². The maximum absolute atomic E-state index is 4.69. The highest BCUT2D eigenvalue weighted by Crippen LogP contribution is 2.56. The number of aromatic nitrogens is 3. The molecule has 2 heterocycles. The van der Waals surface area contributed by atoms with Gasteiger partial charge in [-0.3, -0.25) is 4.57 Å². The number of hydrogen-bond acceptors (Lipinski definition) is 2. The summed E-state index contributed by atoms with van der Waals surface area (Å²) in [6, 6.07) is 28.7. The van der Waals surface area contributed by atoms with Crippen LogP contribution in [0.4, 0.5) is 0 Å². The van der Waals surface area contributed by atoms with E-state index in [9.17, 15) is 0 Å². The van der Waals surface area contributed by atoms with E-state index < -0.39 is 0 Å². The lowest BCUT2D eigenvalue weighted by Gasteiger charge is -2.28. The summed E-state index contributed by atoms with van der Waals surface area (Å²) < 4.78 is 2.31. The molecule has 6 aromatic rings. The van der Waals surface area contributed by atoms with Crippen molar-refractivity contribution in [2.45, 2.75) is 19.3 Å². The van der Waals surface area contributed by atoms with Gasteiger partial charge in [0.15, 0.2) is 0 Å². The molecule has 0 fully saturated rings. The van der Waals surface area contributed by atoms with Crippen LogP contribution in [0.2, 0.25) is 0 Å². The van der Waals surface area contributed by atoms with Crippen LogP contribution >= 0.6 is 0 Å². The van der Waals surface area contributed by atoms with Gasteiger partial charge in [-0.1, -0.05) is 67.6 Å². The molecule has 0 saturated heterocycles. The largest absolute Gasteiger partial charge is 0.281 e. The standard InChI is InChI=1S/C31H21N3/c1-18-16-24-20-9-3-2-8-19(20)17-25-22-11-5-4-10-21(22)23-12-6-13-26-28(23)29(27(24)25)30(18)34(26)31-32-14-7-15-33-31/h2-15,17-18H,16H2,1H3. The van der Waals surface area contributed by atoms with Crippen molar-refractivity contribution in [2.75, 3.05) is 0 Å². The van der Waals surface area contributed by atoms with Gasteiger partial charge in [0, 0.05) is 35.0 Å². The normalized spacial score (nSPS) is 15.4. The first-order chi connectivity index (χ1) is 16.8. The van der Waals surface area contributed by atoms with Crippen LogP contribution in [0.25, 0.3) is 61.0 Å². The van der Waals surface area contributed by atoms with E-state index in [1.807, 2.05) is 18.5 Å². The second-order valence-electron chi connectivity index (χ2n) is 9.49. The van der Waals surface area contributed by atoms with E-state index in [2.05, 4.69) is 94.3 Å². The number of hydrogen-bond donors (Lipinski definition) is 0. The van der Waals surface area contributed by atoms with Gasteiger partial charge < -0.3 is 0 Å². The molecule has 2 aliphatic rings. The zero-order valence-corrected chi connectivity index (χ0v) is 18.8. The van der Waals surface area contributed by atoms with Crippen LogP contribution in [0.15, 0.2) is 91.3 Å². The van der Waals surface area contributed by atoms with Crippen molar-refractivity contribution >= 4 is 21.7 Å². The van der Waals surface area contributed by atoms with Crippen molar-refractivity contribution in [3.8, 4) is 39.3 Å². The second kappa shape index (κ2) is 6.42. The Morgan fingerprint density at radius 1 is 0.735 bits per heavy atom. The molecule has 0 saturated carbocycles. The van der Waals surface area contributed by atoms with Gasteiger partial charge in [-0.25, -0.2) is 9.97 Å². The molecular formula is C31H21N3. The minimum atomic E-state index is 0.339. The SMILES string of the molecule is CC1Cc2c3c(cc4ccccc24)-c2ccccc2-c2cccc4c2c-3c1n4-c1ncccn1. The van der Waals surface area contributed by atoms with Gasteiger partial charge in [-0.2, -0.15) is 0 Å². The first kappa shape index (κ1) is 18.2. The highest BCUT2D eigenvalue weighted by Gasteiger charge is 2.36. The van der Waals surface area contributed by atoms with Crippen LogP contribution in [0.3, 0.4) is 0 Å². The molecule has 2 aromatic heterocycles. The first-order valence-corrected chi connectivity index (χ1v) is 11.9. The van der Waals surface area contributed by atoms with Crippen molar-refractivity contribution in [2.24, 2.45) is 0 Å². The number of fused-ring (bicyclic) bond motifs is 5. The fourth-order valence-corrected chi connectivity index (χ4v) is 6.41. The summed E-state index contributed by atoms with van der Waals surface area (Å²) in [5, 5.41) is 4.00. The highest BCUT2D eigenvalue weighted by molar-refractivity contribution is 6.18. The van der Waals surface area contributed by atoms with Gasteiger partial charge in [-0.05, 0) is 68.8 Å². The van der Waals surface area contributed by atoms with E-state index in [0.717, 1.165) is 12.4 Å². The summed E-state index contributed by atoms with van der Waals surface area (Å²) in [5.74, 6) is 1.09. The van der Waals surface area contributed by atoms with Crippen LogP contribution in [0, 0.1) is 0 Å². The van der Waals surface area contributed by atoms with Crippen LogP contribution in [-0.4, -0.2) is 14.5 Å². The maximum Gasteiger partial charge on any atom is 0.234 e. The molecule has 1 atom stereocenters. The van der Waals surface area contributed by atoms with Gasteiger partial charge in [0.2, 0.25) is 5.95 Å². The first-order valence-electron chi connectivity index (χ1n) is 11.9. The minimum absolute atomic E-state index is 0.339. The molecule has 1 unspecified atom stereocenters. The highest BCUT2D eigenvalue weighted by atomic mass is 15.2. The van der Waals surface area contributed by atoms with Crippen molar-refractivity contribution in [3.63, 3.8) is 0 Å². The van der Waals surface area contributed by atoms with E-state index in [-0.39, 0.29) is 0 Å². The Bertz CT molecular complexity index is 1790. The summed E-state index contributed by atoms with van der Waals surface area (Å²) in [4.78, 5) is 9.37. The Morgan fingerprint density at radius 2 is 1.47 bits per heavy atom. The van der Waals surface area contributed by atoms with Gasteiger partial charge in [-0.15, -0.1) is 0 Å². The average Bonchev–Trinajstić information content (AvgIpc) is 3.19. The third-order valence-corrected chi connectivity index (χ3v) is 7.67. The molecule has 0 N–H and O–H groups in total. The predicted octanol–water partition coefficient (Wildman–Crippen LogP) is 7.55. The summed E-state index contributed by atoms with van der Waals surface area (Å²) in [5.41, 5.74) is 12.0. The molecule has 0 amide bonds. The van der Waals surface area contributed by atoms with E-state index in [0.29, 0.717) is 5.92 Å². The molecule has 3 heteroatoms. The lowest BCUT2D eigenvalue weighted by Crippen LogP contribution is -2.14. The average molecular weight is 436 g/mol. The third-order valence-electron chi connectivity index (χ3n) is 7.67. The summed E-state index contributed by atoms with van der Waals surface area (Å²) in [6.07, 6.45) is 4.68. The monoisotopic (exact) mass is 435 g/mol.